The smallest absolute Gasteiger partial charge is 0.503 e. The molecule has 0 unspecified atom stereocenters. The van der Waals surface area contributed by atoms with Crippen molar-refractivity contribution in [1.29, 1.82) is 0 Å². The summed E-state index contributed by atoms with van der Waals surface area (Å²) in [6, 6.07) is 0.943. The molecule has 0 aliphatic rings. The van der Waals surface area contributed by atoms with Crippen molar-refractivity contribution in [1.82, 2.24) is 4.98 Å². The zero-order chi connectivity index (χ0) is 12.3. The van der Waals surface area contributed by atoms with Crippen molar-refractivity contribution < 1.29 is 32.5 Å². The number of aliphatic hydroxyl groups is 1. The molecule has 0 aromatic carbocycles. The van der Waals surface area contributed by atoms with Crippen LogP contribution in [0, 0.1) is 0 Å². The van der Waals surface area contributed by atoms with Crippen LogP contribution in [0.3, 0.4) is 0 Å². The zero-order valence-corrected chi connectivity index (χ0v) is 7.75. The number of ether oxygens (including phenoxy) is 1. The summed E-state index contributed by atoms with van der Waals surface area (Å²) in [5.74, 6) is -2.20. The quantitative estimate of drug-likeness (QED) is 0.790. The Kier molecular flexibility index (Phi) is 3.53. The molecule has 0 atom stereocenters. The molecule has 16 heavy (non-hydrogen) atoms. The molecule has 0 bridgehead atoms. The first-order valence-corrected chi connectivity index (χ1v) is 4.01. The van der Waals surface area contributed by atoms with Gasteiger partial charge in [0.25, 0.3) is 5.88 Å². The summed E-state index contributed by atoms with van der Waals surface area (Å²) < 4.78 is 51.3. The van der Waals surface area contributed by atoms with Crippen LogP contribution < -0.4 is 4.74 Å². The van der Waals surface area contributed by atoms with Gasteiger partial charge in [-0.15, -0.1) is 13.2 Å². The molecule has 0 amide bonds. The van der Waals surface area contributed by atoms with E-state index in [0.717, 1.165) is 6.07 Å². The number of hydrogen-bond donors (Lipinski definition) is 2. The molecule has 0 saturated carbocycles. The predicted molar refractivity (Wildman–Crippen MR) is 43.3 cm³/mol. The van der Waals surface area contributed by atoms with E-state index in [-0.39, 0.29) is 5.69 Å². The Bertz CT molecular complexity index is 380. The molecule has 1 rings (SSSR count). The van der Waals surface area contributed by atoms with Crippen molar-refractivity contribution in [3.05, 3.63) is 17.3 Å². The van der Waals surface area contributed by atoms with Crippen LogP contribution in [0.5, 0.6) is 11.6 Å². The first kappa shape index (κ1) is 12.5. The summed E-state index contributed by atoms with van der Waals surface area (Å²) in [6.45, 7) is -1.89. The Morgan fingerprint density at radius 2 is 2.00 bits per heavy atom. The zero-order valence-electron chi connectivity index (χ0n) is 7.75. The summed E-state index contributed by atoms with van der Waals surface area (Å²) in [6.07, 6.45) is -5.05. The van der Waals surface area contributed by atoms with Crippen LogP contribution in [0.4, 0.5) is 17.6 Å². The van der Waals surface area contributed by atoms with Crippen molar-refractivity contribution in [3.63, 3.8) is 0 Å². The summed E-state index contributed by atoms with van der Waals surface area (Å²) >= 11 is 0. The minimum absolute atomic E-state index is 0.232. The molecule has 0 aliphatic heterocycles. The highest BCUT2D eigenvalue weighted by atomic mass is 19.4. The largest absolute Gasteiger partial charge is 0.574 e. The van der Waals surface area contributed by atoms with Gasteiger partial charge in [0.1, 0.15) is 6.67 Å². The van der Waals surface area contributed by atoms with Crippen LogP contribution in [0.1, 0.15) is 11.3 Å². The minimum Gasteiger partial charge on any atom is -0.503 e. The number of alkyl halides is 4. The van der Waals surface area contributed by atoms with Crippen molar-refractivity contribution in [2.75, 3.05) is 0 Å². The summed E-state index contributed by atoms with van der Waals surface area (Å²) in [4.78, 5) is 3.18. The van der Waals surface area contributed by atoms with E-state index in [1.807, 2.05) is 0 Å². The lowest BCUT2D eigenvalue weighted by Gasteiger charge is -2.12. The van der Waals surface area contributed by atoms with Gasteiger partial charge in [0.2, 0.25) is 0 Å². The second-order valence-corrected chi connectivity index (χ2v) is 2.77. The Hall–Kier alpha value is -1.57. The highest BCUT2D eigenvalue weighted by molar-refractivity contribution is 5.41. The Morgan fingerprint density at radius 3 is 2.44 bits per heavy atom. The summed E-state index contributed by atoms with van der Waals surface area (Å²) in [5, 5.41) is 17.8. The van der Waals surface area contributed by atoms with Crippen LogP contribution in [0.25, 0.3) is 0 Å². The van der Waals surface area contributed by atoms with E-state index in [1.165, 1.54) is 0 Å². The number of rotatable bonds is 3. The second-order valence-electron chi connectivity index (χ2n) is 2.77. The number of halogens is 4. The molecule has 1 aromatic rings. The minimum atomic E-state index is -5.05. The average molecular weight is 241 g/mol. The third-order valence-corrected chi connectivity index (χ3v) is 1.61. The van der Waals surface area contributed by atoms with E-state index in [0.29, 0.717) is 0 Å². The third kappa shape index (κ3) is 2.96. The van der Waals surface area contributed by atoms with E-state index < -0.39 is 36.8 Å². The number of aromatic nitrogens is 1. The van der Waals surface area contributed by atoms with Crippen LogP contribution in [0.15, 0.2) is 6.07 Å². The molecule has 0 saturated heterocycles. The van der Waals surface area contributed by atoms with Gasteiger partial charge in [-0.3, -0.25) is 0 Å². The molecule has 1 aromatic heterocycles. The van der Waals surface area contributed by atoms with Gasteiger partial charge in [0.15, 0.2) is 5.75 Å². The van der Waals surface area contributed by atoms with E-state index in [1.54, 1.807) is 0 Å². The topological polar surface area (TPSA) is 62.6 Å². The molecule has 0 fully saturated rings. The molecule has 0 spiro atoms. The van der Waals surface area contributed by atoms with Gasteiger partial charge < -0.3 is 14.9 Å². The molecule has 4 nitrogen and oxygen atoms in total. The average Bonchev–Trinajstić information content (AvgIpc) is 2.19. The Labute approximate surface area is 87.1 Å². The van der Waals surface area contributed by atoms with Gasteiger partial charge in [-0.25, -0.2) is 9.37 Å². The van der Waals surface area contributed by atoms with Gasteiger partial charge >= 0.3 is 6.36 Å². The van der Waals surface area contributed by atoms with Gasteiger partial charge in [-0.1, -0.05) is 0 Å². The normalized spacial score (nSPS) is 11.6. The van der Waals surface area contributed by atoms with Gasteiger partial charge in [0.05, 0.1) is 12.3 Å². The van der Waals surface area contributed by atoms with Gasteiger partial charge in [-0.2, -0.15) is 0 Å². The molecule has 2 N–H and O–H groups in total. The Balaban J connectivity index is 3.16. The predicted octanol–water partition coefficient (Wildman–Crippen LogP) is 1.65. The highest BCUT2D eigenvalue weighted by Crippen LogP contribution is 2.33. The maximum atomic E-state index is 12.3. The molecule has 90 valence electrons. The van der Waals surface area contributed by atoms with Crippen LogP contribution in [-0.4, -0.2) is 21.6 Å². The fraction of sp³-hybridized carbons (Fsp3) is 0.375. The maximum Gasteiger partial charge on any atom is 0.574 e. The lowest BCUT2D eigenvalue weighted by Crippen LogP contribution is -2.18. The Morgan fingerprint density at radius 1 is 1.38 bits per heavy atom. The van der Waals surface area contributed by atoms with Crippen molar-refractivity contribution in [2.45, 2.75) is 19.6 Å². The first-order valence-electron chi connectivity index (χ1n) is 4.01. The monoisotopic (exact) mass is 241 g/mol. The van der Waals surface area contributed by atoms with Crippen LogP contribution in [0.2, 0.25) is 0 Å². The molecular weight excluding hydrogens is 234 g/mol. The third-order valence-electron chi connectivity index (χ3n) is 1.61. The van der Waals surface area contributed by atoms with E-state index in [9.17, 15) is 17.6 Å². The standard InChI is InChI=1S/C8H7F4NO3/c9-2-4-1-5(3-14)13-7(6(4)15)16-8(10,11)12/h1,14-15H,2-3H2. The lowest BCUT2D eigenvalue weighted by molar-refractivity contribution is -0.276. The van der Waals surface area contributed by atoms with Crippen molar-refractivity contribution in [3.8, 4) is 11.6 Å². The lowest BCUT2D eigenvalue weighted by atomic mass is 10.2. The molecule has 0 aliphatic carbocycles. The van der Waals surface area contributed by atoms with Crippen LogP contribution in [-0.2, 0) is 13.3 Å². The number of aliphatic hydroxyl groups excluding tert-OH is 1. The van der Waals surface area contributed by atoms with E-state index >= 15 is 0 Å². The van der Waals surface area contributed by atoms with Gasteiger partial charge in [0, 0.05) is 5.56 Å². The van der Waals surface area contributed by atoms with Crippen molar-refractivity contribution in [2.24, 2.45) is 0 Å². The molecule has 0 radical (unpaired) electrons. The number of nitrogens with zero attached hydrogens (tertiary/aromatic N) is 1. The molecule has 1 heterocycles. The van der Waals surface area contributed by atoms with E-state index in [2.05, 4.69) is 9.72 Å². The molecule has 8 heteroatoms. The number of aromatic hydroxyl groups is 1. The highest BCUT2D eigenvalue weighted by Gasteiger charge is 2.33. The fourth-order valence-electron chi connectivity index (χ4n) is 0.986. The fourth-order valence-corrected chi connectivity index (χ4v) is 0.986. The van der Waals surface area contributed by atoms with Crippen molar-refractivity contribution >= 4 is 0 Å². The summed E-state index contributed by atoms with van der Waals surface area (Å²) in [7, 11) is 0. The maximum absolute atomic E-state index is 12.3. The van der Waals surface area contributed by atoms with Gasteiger partial charge in [-0.05, 0) is 6.07 Å². The molecular formula is C8H7F4NO3. The number of hydrogen-bond acceptors (Lipinski definition) is 4. The van der Waals surface area contributed by atoms with Crippen LogP contribution >= 0.6 is 0 Å². The van der Waals surface area contributed by atoms with E-state index in [4.69, 9.17) is 10.2 Å². The summed E-state index contributed by atoms with van der Waals surface area (Å²) in [5.41, 5.74) is -0.664. The first-order chi connectivity index (χ1) is 7.37. The second kappa shape index (κ2) is 4.52. The number of pyridine rings is 1. The SMILES string of the molecule is OCc1cc(CF)c(O)c(OC(F)(F)F)n1.